The van der Waals surface area contributed by atoms with Gasteiger partial charge in [-0.1, -0.05) is 17.7 Å². The first-order valence-corrected chi connectivity index (χ1v) is 6.42. The first-order chi connectivity index (χ1) is 8.59. The quantitative estimate of drug-likeness (QED) is 0.905. The topological polar surface area (TPSA) is 42.0 Å². The van der Waals surface area contributed by atoms with Crippen LogP contribution in [0.4, 0.5) is 5.69 Å². The maximum Gasteiger partial charge on any atom is 0.256 e. The van der Waals surface area contributed by atoms with Crippen LogP contribution in [0.3, 0.4) is 0 Å². The Morgan fingerprint density at radius 3 is 2.89 bits per heavy atom. The van der Waals surface area contributed by atoms with Gasteiger partial charge in [0.15, 0.2) is 0 Å². The summed E-state index contributed by atoms with van der Waals surface area (Å²) in [5.74, 6) is -0.193. The van der Waals surface area contributed by atoms with Gasteiger partial charge in [-0.25, -0.2) is 0 Å². The molecule has 0 aliphatic heterocycles. The molecular formula is C13H10BrClN2O. The van der Waals surface area contributed by atoms with Crippen molar-refractivity contribution in [2.24, 2.45) is 0 Å². The van der Waals surface area contributed by atoms with Gasteiger partial charge in [-0.05, 0) is 46.6 Å². The van der Waals surface area contributed by atoms with E-state index in [2.05, 4.69) is 26.2 Å². The summed E-state index contributed by atoms with van der Waals surface area (Å²) < 4.78 is 0.734. The van der Waals surface area contributed by atoms with Crippen LogP contribution in [0, 0.1) is 6.92 Å². The van der Waals surface area contributed by atoms with E-state index < -0.39 is 0 Å². The molecule has 1 heterocycles. The van der Waals surface area contributed by atoms with Crippen molar-refractivity contribution in [3.05, 3.63) is 57.3 Å². The third-order valence-electron chi connectivity index (χ3n) is 2.53. The average molecular weight is 326 g/mol. The number of rotatable bonds is 2. The van der Waals surface area contributed by atoms with Crippen LogP contribution in [0.25, 0.3) is 0 Å². The number of anilines is 1. The number of amides is 1. The number of halogens is 2. The maximum absolute atomic E-state index is 12.1. The molecule has 0 unspecified atom stereocenters. The van der Waals surface area contributed by atoms with E-state index >= 15 is 0 Å². The van der Waals surface area contributed by atoms with Crippen LogP contribution < -0.4 is 5.32 Å². The van der Waals surface area contributed by atoms with Crippen LogP contribution in [0.1, 0.15) is 15.9 Å². The highest BCUT2D eigenvalue weighted by molar-refractivity contribution is 9.10. The molecule has 5 heteroatoms. The first-order valence-electron chi connectivity index (χ1n) is 5.25. The second-order valence-electron chi connectivity index (χ2n) is 3.72. The summed E-state index contributed by atoms with van der Waals surface area (Å²) in [6.45, 7) is 1.82. The lowest BCUT2D eigenvalue weighted by Gasteiger charge is -2.09. The highest BCUT2D eigenvalue weighted by Crippen LogP contribution is 2.23. The van der Waals surface area contributed by atoms with Crippen LogP contribution in [0.15, 0.2) is 41.1 Å². The van der Waals surface area contributed by atoms with Gasteiger partial charge in [-0.3, -0.25) is 9.78 Å². The number of aromatic nitrogens is 1. The highest BCUT2D eigenvalue weighted by atomic mass is 79.9. The van der Waals surface area contributed by atoms with Crippen molar-refractivity contribution >= 4 is 39.1 Å². The van der Waals surface area contributed by atoms with Crippen LogP contribution in [-0.4, -0.2) is 10.9 Å². The van der Waals surface area contributed by atoms with Gasteiger partial charge in [0.05, 0.1) is 10.2 Å². The molecule has 0 saturated heterocycles. The fourth-order valence-corrected chi connectivity index (χ4v) is 2.04. The minimum Gasteiger partial charge on any atom is -0.321 e. The fraction of sp³-hybridized carbons (Fsp3) is 0.0769. The van der Waals surface area contributed by atoms with E-state index in [1.807, 2.05) is 6.92 Å². The van der Waals surface area contributed by atoms with Gasteiger partial charge < -0.3 is 5.32 Å². The van der Waals surface area contributed by atoms with Gasteiger partial charge in [0.1, 0.15) is 0 Å². The lowest BCUT2D eigenvalue weighted by atomic mass is 10.1. The van der Waals surface area contributed by atoms with Gasteiger partial charge in [0.25, 0.3) is 5.91 Å². The Labute approximate surface area is 118 Å². The fourth-order valence-electron chi connectivity index (χ4n) is 1.52. The summed E-state index contributed by atoms with van der Waals surface area (Å²) in [7, 11) is 0. The number of hydrogen-bond donors (Lipinski definition) is 1. The van der Waals surface area contributed by atoms with Crippen molar-refractivity contribution in [1.29, 1.82) is 0 Å². The van der Waals surface area contributed by atoms with E-state index in [0.717, 1.165) is 10.0 Å². The molecule has 1 aromatic heterocycles. The van der Waals surface area contributed by atoms with Gasteiger partial charge in [0.2, 0.25) is 0 Å². The van der Waals surface area contributed by atoms with Crippen LogP contribution in [-0.2, 0) is 0 Å². The summed E-state index contributed by atoms with van der Waals surface area (Å²) in [4.78, 5) is 16.1. The molecule has 0 radical (unpaired) electrons. The Bertz CT molecular complexity index is 601. The van der Waals surface area contributed by atoms with E-state index in [1.54, 1.807) is 36.7 Å². The Morgan fingerprint density at radius 2 is 2.17 bits per heavy atom. The Hall–Kier alpha value is -1.39. The maximum atomic E-state index is 12.1. The Balaban J connectivity index is 2.28. The van der Waals surface area contributed by atoms with Crippen LogP contribution in [0.2, 0.25) is 5.02 Å². The number of nitrogens with one attached hydrogen (secondary N) is 1. The minimum absolute atomic E-state index is 0.193. The number of carbonyl (C=O) groups excluding carboxylic acids is 1. The largest absolute Gasteiger partial charge is 0.321 e. The molecule has 0 fully saturated rings. The monoisotopic (exact) mass is 324 g/mol. The molecule has 0 bridgehead atoms. The molecule has 2 rings (SSSR count). The number of benzene rings is 1. The number of carbonyl (C=O) groups is 1. The minimum atomic E-state index is -0.193. The molecule has 0 atom stereocenters. The molecule has 0 saturated carbocycles. The zero-order valence-corrected chi connectivity index (χ0v) is 11.9. The van der Waals surface area contributed by atoms with Crippen molar-refractivity contribution in [2.45, 2.75) is 6.92 Å². The van der Waals surface area contributed by atoms with E-state index in [9.17, 15) is 4.79 Å². The van der Waals surface area contributed by atoms with Crippen molar-refractivity contribution in [2.75, 3.05) is 5.32 Å². The first kappa shape index (κ1) is 13.1. The van der Waals surface area contributed by atoms with Crippen LogP contribution in [0.5, 0.6) is 0 Å². The molecular weight excluding hydrogens is 316 g/mol. The van der Waals surface area contributed by atoms with E-state index in [-0.39, 0.29) is 5.91 Å². The zero-order valence-electron chi connectivity index (χ0n) is 9.58. The zero-order chi connectivity index (χ0) is 13.1. The van der Waals surface area contributed by atoms with Crippen molar-refractivity contribution in [3.8, 4) is 0 Å². The van der Waals surface area contributed by atoms with Gasteiger partial charge in [0, 0.05) is 23.0 Å². The smallest absolute Gasteiger partial charge is 0.256 e. The molecule has 0 spiro atoms. The Kier molecular flexibility index (Phi) is 3.99. The third-order valence-corrected chi connectivity index (χ3v) is 3.57. The highest BCUT2D eigenvalue weighted by Gasteiger charge is 2.12. The molecule has 2 aromatic rings. The summed E-state index contributed by atoms with van der Waals surface area (Å²) in [6, 6.07) is 6.98. The summed E-state index contributed by atoms with van der Waals surface area (Å²) in [5, 5.41) is 3.39. The third kappa shape index (κ3) is 2.71. The number of pyridine rings is 1. The molecule has 0 aliphatic carbocycles. The lowest BCUT2D eigenvalue weighted by molar-refractivity contribution is 0.102. The molecule has 3 nitrogen and oxygen atoms in total. The molecule has 18 heavy (non-hydrogen) atoms. The van der Waals surface area contributed by atoms with Gasteiger partial charge >= 0.3 is 0 Å². The predicted octanol–water partition coefficient (Wildman–Crippen LogP) is 4.06. The second kappa shape index (κ2) is 5.50. The SMILES string of the molecule is Cc1c(Cl)cccc1C(=O)Nc1ccncc1Br. The molecule has 92 valence electrons. The van der Waals surface area contributed by atoms with Crippen LogP contribution >= 0.6 is 27.5 Å². The summed E-state index contributed by atoms with van der Waals surface area (Å²) >= 11 is 9.32. The number of nitrogens with zero attached hydrogens (tertiary/aromatic N) is 1. The van der Waals surface area contributed by atoms with E-state index in [1.165, 1.54) is 0 Å². The van der Waals surface area contributed by atoms with Crippen molar-refractivity contribution in [1.82, 2.24) is 4.98 Å². The molecule has 1 amide bonds. The van der Waals surface area contributed by atoms with Crippen molar-refractivity contribution < 1.29 is 4.79 Å². The summed E-state index contributed by atoms with van der Waals surface area (Å²) in [5.41, 5.74) is 2.00. The second-order valence-corrected chi connectivity index (χ2v) is 4.98. The van der Waals surface area contributed by atoms with Crippen molar-refractivity contribution in [3.63, 3.8) is 0 Å². The van der Waals surface area contributed by atoms with E-state index in [4.69, 9.17) is 11.6 Å². The molecule has 1 aromatic carbocycles. The predicted molar refractivity (Wildman–Crippen MR) is 76.1 cm³/mol. The van der Waals surface area contributed by atoms with Gasteiger partial charge in [-0.15, -0.1) is 0 Å². The summed E-state index contributed by atoms with van der Waals surface area (Å²) in [6.07, 6.45) is 3.24. The number of hydrogen-bond acceptors (Lipinski definition) is 2. The lowest BCUT2D eigenvalue weighted by Crippen LogP contribution is -2.13. The Morgan fingerprint density at radius 1 is 1.39 bits per heavy atom. The molecule has 1 N–H and O–H groups in total. The standard InChI is InChI=1S/C13H10BrClN2O/c1-8-9(3-2-4-11(8)15)13(18)17-12-5-6-16-7-10(12)14/h2-7H,1H3,(H,16,17,18). The normalized spacial score (nSPS) is 10.2. The van der Waals surface area contributed by atoms with Gasteiger partial charge in [-0.2, -0.15) is 0 Å². The average Bonchev–Trinajstić information content (AvgIpc) is 2.35. The molecule has 0 aliphatic rings. The van der Waals surface area contributed by atoms with E-state index in [0.29, 0.717) is 16.3 Å².